The van der Waals surface area contributed by atoms with Gasteiger partial charge in [-0.1, -0.05) is 31.4 Å². The van der Waals surface area contributed by atoms with E-state index < -0.39 is 0 Å². The topological polar surface area (TPSA) is 17.1 Å². The van der Waals surface area contributed by atoms with Gasteiger partial charge >= 0.3 is 0 Å². The first-order chi connectivity index (χ1) is 6.77. The van der Waals surface area contributed by atoms with E-state index in [1.807, 2.05) is 0 Å². The average Bonchev–Trinajstić information content (AvgIpc) is 2.26. The summed E-state index contributed by atoms with van der Waals surface area (Å²) in [5, 5.41) is 0. The molecule has 1 aromatic carbocycles. The molecule has 0 bridgehead atoms. The molecule has 0 amide bonds. The quantitative estimate of drug-likeness (QED) is 0.521. The van der Waals surface area contributed by atoms with E-state index in [1.54, 1.807) is 24.3 Å². The van der Waals surface area contributed by atoms with E-state index in [0.717, 1.165) is 24.0 Å². The maximum Gasteiger partial charge on any atom is 0.162 e. The van der Waals surface area contributed by atoms with Gasteiger partial charge in [0.2, 0.25) is 0 Å². The van der Waals surface area contributed by atoms with Crippen LogP contribution in [0.25, 0.3) is 0 Å². The lowest BCUT2D eigenvalue weighted by atomic mass is 10.0. The normalized spacial score (nSPS) is 9.43. The Balaban J connectivity index is 2.68. The largest absolute Gasteiger partial charge is 0.294 e. The standard InChI is InChI=1S/C13H14O/c1-3-5-6-13(14)12-9-7-11(4-2)8-10-12/h2,7-10H,3,5-6H2,1H3. The molecule has 0 saturated heterocycles. The van der Waals surface area contributed by atoms with Gasteiger partial charge in [-0.05, 0) is 18.6 Å². The number of carbonyl (C=O) groups is 1. The fourth-order valence-electron chi connectivity index (χ4n) is 1.23. The Bertz CT molecular complexity index is 340. The molecule has 0 fully saturated rings. The van der Waals surface area contributed by atoms with Crippen molar-refractivity contribution >= 4 is 5.78 Å². The second-order valence-electron chi connectivity index (χ2n) is 3.25. The molecule has 0 aliphatic carbocycles. The summed E-state index contributed by atoms with van der Waals surface area (Å²) in [5.41, 5.74) is 1.58. The minimum absolute atomic E-state index is 0.204. The summed E-state index contributed by atoms with van der Waals surface area (Å²) in [6.07, 6.45) is 7.86. The van der Waals surface area contributed by atoms with Gasteiger partial charge in [-0.25, -0.2) is 0 Å². The van der Waals surface area contributed by atoms with Gasteiger partial charge in [0, 0.05) is 17.5 Å². The van der Waals surface area contributed by atoms with Gasteiger partial charge in [0.25, 0.3) is 0 Å². The Morgan fingerprint density at radius 3 is 2.50 bits per heavy atom. The highest BCUT2D eigenvalue weighted by molar-refractivity contribution is 5.96. The predicted molar refractivity (Wildman–Crippen MR) is 58.2 cm³/mol. The number of carbonyl (C=O) groups excluding carboxylic acids is 1. The number of hydrogen-bond donors (Lipinski definition) is 0. The highest BCUT2D eigenvalue weighted by Crippen LogP contribution is 2.08. The molecular formula is C13H14O. The Labute approximate surface area is 85.1 Å². The van der Waals surface area contributed by atoms with Crippen molar-refractivity contribution in [3.05, 3.63) is 35.4 Å². The molecule has 0 N–H and O–H groups in total. The molecule has 0 aliphatic heterocycles. The zero-order chi connectivity index (χ0) is 10.4. The van der Waals surface area contributed by atoms with Crippen LogP contribution in [-0.4, -0.2) is 5.78 Å². The lowest BCUT2D eigenvalue weighted by Crippen LogP contribution is -1.98. The van der Waals surface area contributed by atoms with E-state index in [-0.39, 0.29) is 5.78 Å². The molecule has 0 aliphatic rings. The molecule has 1 heteroatoms. The molecule has 1 nitrogen and oxygen atoms in total. The number of unbranched alkanes of at least 4 members (excludes halogenated alkanes) is 1. The minimum Gasteiger partial charge on any atom is -0.294 e. The second kappa shape index (κ2) is 5.24. The maximum absolute atomic E-state index is 11.6. The van der Waals surface area contributed by atoms with Gasteiger partial charge in [0.05, 0.1) is 0 Å². The number of hydrogen-bond acceptors (Lipinski definition) is 1. The van der Waals surface area contributed by atoms with Crippen LogP contribution < -0.4 is 0 Å². The Kier molecular flexibility index (Phi) is 3.94. The van der Waals surface area contributed by atoms with E-state index in [2.05, 4.69) is 12.8 Å². The first kappa shape index (κ1) is 10.5. The molecule has 0 atom stereocenters. The van der Waals surface area contributed by atoms with Gasteiger partial charge in [0.15, 0.2) is 5.78 Å². The van der Waals surface area contributed by atoms with Crippen LogP contribution in [0.5, 0.6) is 0 Å². The van der Waals surface area contributed by atoms with Crippen molar-refractivity contribution in [2.24, 2.45) is 0 Å². The lowest BCUT2D eigenvalue weighted by Gasteiger charge is -1.99. The van der Waals surface area contributed by atoms with Crippen molar-refractivity contribution in [1.29, 1.82) is 0 Å². The highest BCUT2D eigenvalue weighted by atomic mass is 16.1. The van der Waals surface area contributed by atoms with Crippen molar-refractivity contribution in [3.63, 3.8) is 0 Å². The lowest BCUT2D eigenvalue weighted by molar-refractivity contribution is 0.0980. The molecular weight excluding hydrogens is 172 g/mol. The van der Waals surface area contributed by atoms with Gasteiger partial charge in [-0.3, -0.25) is 4.79 Å². The second-order valence-corrected chi connectivity index (χ2v) is 3.25. The van der Waals surface area contributed by atoms with Crippen LogP contribution in [0.3, 0.4) is 0 Å². The summed E-state index contributed by atoms with van der Waals surface area (Å²) in [4.78, 5) is 11.6. The van der Waals surface area contributed by atoms with Crippen molar-refractivity contribution in [3.8, 4) is 12.3 Å². The van der Waals surface area contributed by atoms with Crippen LogP contribution in [0, 0.1) is 12.3 Å². The average molecular weight is 186 g/mol. The third-order valence-electron chi connectivity index (χ3n) is 2.13. The smallest absolute Gasteiger partial charge is 0.162 e. The first-order valence-corrected chi connectivity index (χ1v) is 4.87. The maximum atomic E-state index is 11.6. The van der Waals surface area contributed by atoms with Crippen LogP contribution in [0.2, 0.25) is 0 Å². The Hall–Kier alpha value is -1.55. The molecule has 0 unspecified atom stereocenters. The van der Waals surface area contributed by atoms with E-state index in [1.165, 1.54) is 0 Å². The Morgan fingerprint density at radius 1 is 1.36 bits per heavy atom. The first-order valence-electron chi connectivity index (χ1n) is 4.87. The van der Waals surface area contributed by atoms with Crippen molar-refractivity contribution in [2.45, 2.75) is 26.2 Å². The number of rotatable bonds is 4. The fraction of sp³-hybridized carbons (Fsp3) is 0.308. The Morgan fingerprint density at radius 2 is 2.00 bits per heavy atom. The zero-order valence-electron chi connectivity index (χ0n) is 8.42. The number of ketones is 1. The molecule has 0 aromatic heterocycles. The zero-order valence-corrected chi connectivity index (χ0v) is 8.42. The van der Waals surface area contributed by atoms with Crippen LogP contribution >= 0.6 is 0 Å². The molecule has 0 radical (unpaired) electrons. The minimum atomic E-state index is 0.204. The molecule has 1 aromatic rings. The molecule has 0 spiro atoms. The van der Waals surface area contributed by atoms with E-state index in [9.17, 15) is 4.79 Å². The number of benzene rings is 1. The third-order valence-corrected chi connectivity index (χ3v) is 2.13. The van der Waals surface area contributed by atoms with Crippen LogP contribution in [0.15, 0.2) is 24.3 Å². The van der Waals surface area contributed by atoms with Crippen molar-refractivity contribution in [2.75, 3.05) is 0 Å². The van der Waals surface area contributed by atoms with Gasteiger partial charge in [0.1, 0.15) is 0 Å². The third kappa shape index (κ3) is 2.74. The summed E-state index contributed by atoms with van der Waals surface area (Å²) in [6.45, 7) is 2.08. The van der Waals surface area contributed by atoms with Crippen LogP contribution in [0.4, 0.5) is 0 Å². The summed E-state index contributed by atoms with van der Waals surface area (Å²) < 4.78 is 0. The van der Waals surface area contributed by atoms with E-state index >= 15 is 0 Å². The predicted octanol–water partition coefficient (Wildman–Crippen LogP) is 3.04. The summed E-state index contributed by atoms with van der Waals surface area (Å²) in [6, 6.07) is 7.21. The van der Waals surface area contributed by atoms with Crippen LogP contribution in [-0.2, 0) is 0 Å². The molecule has 14 heavy (non-hydrogen) atoms. The van der Waals surface area contributed by atoms with E-state index in [4.69, 9.17) is 6.42 Å². The molecule has 1 rings (SSSR count). The number of terminal acetylenes is 1. The molecule has 72 valence electrons. The van der Waals surface area contributed by atoms with E-state index in [0.29, 0.717) is 6.42 Å². The van der Waals surface area contributed by atoms with Gasteiger partial charge in [-0.15, -0.1) is 6.42 Å². The SMILES string of the molecule is C#Cc1ccc(C(=O)CCCC)cc1. The number of Topliss-reactive ketones (excluding diaryl/α,β-unsaturated/α-hetero) is 1. The summed E-state index contributed by atoms with van der Waals surface area (Å²) in [7, 11) is 0. The monoisotopic (exact) mass is 186 g/mol. The van der Waals surface area contributed by atoms with Crippen molar-refractivity contribution in [1.82, 2.24) is 0 Å². The van der Waals surface area contributed by atoms with Gasteiger partial charge in [-0.2, -0.15) is 0 Å². The molecule has 0 heterocycles. The van der Waals surface area contributed by atoms with Crippen LogP contribution in [0.1, 0.15) is 42.1 Å². The van der Waals surface area contributed by atoms with Crippen molar-refractivity contribution < 1.29 is 4.79 Å². The summed E-state index contributed by atoms with van der Waals surface area (Å²) >= 11 is 0. The fourth-order valence-corrected chi connectivity index (χ4v) is 1.23. The molecule has 0 saturated carbocycles. The highest BCUT2D eigenvalue weighted by Gasteiger charge is 2.03. The van der Waals surface area contributed by atoms with Gasteiger partial charge < -0.3 is 0 Å². The summed E-state index contributed by atoms with van der Waals surface area (Å²) in [5.74, 6) is 2.73.